The maximum atomic E-state index is 6.07. The summed E-state index contributed by atoms with van der Waals surface area (Å²) in [4.78, 5) is 4.05. The molecule has 0 aliphatic rings. The molecule has 1 aromatic heterocycles. The lowest BCUT2D eigenvalue weighted by molar-refractivity contribution is 1.04. The molecule has 0 atom stereocenters. The van der Waals surface area contributed by atoms with E-state index in [9.17, 15) is 0 Å². The molecule has 0 saturated heterocycles. The lowest BCUT2D eigenvalue weighted by atomic mass is 10.2. The maximum Gasteiger partial charge on any atom is 0.191 e. The van der Waals surface area contributed by atoms with Crippen molar-refractivity contribution in [3.63, 3.8) is 0 Å². The Labute approximate surface area is 134 Å². The second kappa shape index (κ2) is 7.15. The van der Waals surface area contributed by atoms with E-state index in [0.29, 0.717) is 10.1 Å². The van der Waals surface area contributed by atoms with E-state index in [0.717, 1.165) is 22.5 Å². The average Bonchev–Trinajstić information content (AvgIpc) is 2.50. The fraction of sp³-hybridized carbons (Fsp3) is 0.133. The molecule has 0 spiro atoms. The lowest BCUT2D eigenvalue weighted by Gasteiger charge is -2.11. The highest BCUT2D eigenvalue weighted by molar-refractivity contribution is 7.80. The van der Waals surface area contributed by atoms with Crippen molar-refractivity contribution in [3.8, 4) is 0 Å². The van der Waals surface area contributed by atoms with Gasteiger partial charge in [0, 0.05) is 28.7 Å². The van der Waals surface area contributed by atoms with Crippen molar-refractivity contribution < 1.29 is 0 Å². The van der Waals surface area contributed by atoms with Crippen LogP contribution in [-0.4, -0.2) is 15.8 Å². The van der Waals surface area contributed by atoms with E-state index in [1.165, 1.54) is 0 Å². The van der Waals surface area contributed by atoms with Gasteiger partial charge in [-0.2, -0.15) is 5.10 Å². The van der Waals surface area contributed by atoms with Crippen LogP contribution >= 0.6 is 23.8 Å². The summed E-state index contributed by atoms with van der Waals surface area (Å²) in [5.74, 6) is 0. The summed E-state index contributed by atoms with van der Waals surface area (Å²) in [5.41, 5.74) is 6.35. The standard InChI is InChI=1S/C15H15ClN4S/c1-10-13(16)6-3-7-14(10)18-15(21)20-19-11(2)12-5-4-8-17-9-12/h3-9H,1-2H3,(H2,18,20,21)/b19-11-. The number of thiocarbonyl (C=S) groups is 1. The van der Waals surface area contributed by atoms with Crippen molar-refractivity contribution >= 4 is 40.3 Å². The molecule has 0 unspecified atom stereocenters. The minimum absolute atomic E-state index is 0.406. The van der Waals surface area contributed by atoms with Gasteiger partial charge >= 0.3 is 0 Å². The molecule has 0 amide bonds. The third-order valence-corrected chi connectivity index (χ3v) is 3.52. The number of halogens is 1. The average molecular weight is 319 g/mol. The second-order valence-electron chi connectivity index (χ2n) is 4.42. The predicted molar refractivity (Wildman–Crippen MR) is 92.0 cm³/mol. The molecular formula is C15H15ClN4S. The van der Waals surface area contributed by atoms with Gasteiger partial charge in [-0.3, -0.25) is 10.4 Å². The number of nitrogens with one attached hydrogen (secondary N) is 2. The molecule has 2 aromatic rings. The number of rotatable bonds is 3. The maximum absolute atomic E-state index is 6.07. The number of pyridine rings is 1. The van der Waals surface area contributed by atoms with E-state index in [2.05, 4.69) is 20.8 Å². The van der Waals surface area contributed by atoms with Gasteiger partial charge in [-0.05, 0) is 49.8 Å². The summed E-state index contributed by atoms with van der Waals surface area (Å²) in [6.07, 6.45) is 3.47. The summed E-state index contributed by atoms with van der Waals surface area (Å²) in [6, 6.07) is 9.41. The van der Waals surface area contributed by atoms with Gasteiger partial charge in [0.2, 0.25) is 0 Å². The first-order valence-electron chi connectivity index (χ1n) is 6.34. The number of benzene rings is 1. The van der Waals surface area contributed by atoms with Gasteiger partial charge < -0.3 is 5.32 Å². The number of anilines is 1. The van der Waals surface area contributed by atoms with Crippen LogP contribution < -0.4 is 10.7 Å². The molecule has 0 saturated carbocycles. The van der Waals surface area contributed by atoms with Crippen molar-refractivity contribution in [1.82, 2.24) is 10.4 Å². The molecule has 2 N–H and O–H groups in total. The Morgan fingerprint density at radius 3 is 2.81 bits per heavy atom. The number of nitrogens with zero attached hydrogens (tertiary/aromatic N) is 2. The van der Waals surface area contributed by atoms with Gasteiger partial charge in [-0.15, -0.1) is 0 Å². The molecular weight excluding hydrogens is 304 g/mol. The minimum atomic E-state index is 0.406. The molecule has 1 heterocycles. The third-order valence-electron chi connectivity index (χ3n) is 2.92. The van der Waals surface area contributed by atoms with Crippen LogP contribution in [0.2, 0.25) is 5.02 Å². The van der Waals surface area contributed by atoms with E-state index >= 15 is 0 Å². The molecule has 0 radical (unpaired) electrons. The molecule has 108 valence electrons. The van der Waals surface area contributed by atoms with Crippen LogP contribution in [0.3, 0.4) is 0 Å². The molecule has 2 rings (SSSR count). The smallest absolute Gasteiger partial charge is 0.191 e. The van der Waals surface area contributed by atoms with E-state index in [1.807, 2.05) is 44.2 Å². The zero-order valence-electron chi connectivity index (χ0n) is 11.7. The first-order valence-corrected chi connectivity index (χ1v) is 7.13. The van der Waals surface area contributed by atoms with E-state index in [-0.39, 0.29) is 0 Å². The monoisotopic (exact) mass is 318 g/mol. The first-order chi connectivity index (χ1) is 10.1. The minimum Gasteiger partial charge on any atom is -0.331 e. The summed E-state index contributed by atoms with van der Waals surface area (Å²) in [7, 11) is 0. The van der Waals surface area contributed by atoms with E-state index in [4.69, 9.17) is 23.8 Å². The van der Waals surface area contributed by atoms with Crippen LogP contribution in [0.1, 0.15) is 18.1 Å². The molecule has 0 fully saturated rings. The van der Waals surface area contributed by atoms with Gasteiger partial charge in [-0.25, -0.2) is 0 Å². The Kier molecular flexibility index (Phi) is 5.25. The number of hydrazone groups is 1. The van der Waals surface area contributed by atoms with Crippen LogP contribution in [0, 0.1) is 6.92 Å². The van der Waals surface area contributed by atoms with Gasteiger partial charge in [0.25, 0.3) is 0 Å². The molecule has 0 bridgehead atoms. The van der Waals surface area contributed by atoms with Crippen LogP contribution in [0.4, 0.5) is 5.69 Å². The van der Waals surface area contributed by atoms with Crippen LogP contribution in [0.25, 0.3) is 0 Å². The van der Waals surface area contributed by atoms with Crippen molar-refractivity contribution in [3.05, 3.63) is 58.9 Å². The quantitative estimate of drug-likeness (QED) is 0.514. The van der Waals surface area contributed by atoms with Gasteiger partial charge in [0.1, 0.15) is 0 Å². The molecule has 6 heteroatoms. The first kappa shape index (κ1) is 15.4. The van der Waals surface area contributed by atoms with Crippen LogP contribution in [0.15, 0.2) is 47.8 Å². The normalized spacial score (nSPS) is 11.1. The Bertz CT molecular complexity index is 671. The van der Waals surface area contributed by atoms with Crippen LogP contribution in [0.5, 0.6) is 0 Å². The zero-order chi connectivity index (χ0) is 15.2. The molecule has 21 heavy (non-hydrogen) atoms. The lowest BCUT2D eigenvalue weighted by Crippen LogP contribution is -2.25. The number of aromatic nitrogens is 1. The highest BCUT2D eigenvalue weighted by Gasteiger charge is 2.03. The highest BCUT2D eigenvalue weighted by atomic mass is 35.5. The van der Waals surface area contributed by atoms with E-state index in [1.54, 1.807) is 12.4 Å². The van der Waals surface area contributed by atoms with Crippen molar-refractivity contribution in [2.24, 2.45) is 5.10 Å². The van der Waals surface area contributed by atoms with Gasteiger partial charge in [0.15, 0.2) is 5.11 Å². The van der Waals surface area contributed by atoms with Crippen LogP contribution in [-0.2, 0) is 0 Å². The van der Waals surface area contributed by atoms with Gasteiger partial charge in [0.05, 0.1) is 5.71 Å². The van der Waals surface area contributed by atoms with Gasteiger partial charge in [-0.1, -0.05) is 23.7 Å². The topological polar surface area (TPSA) is 49.3 Å². The Morgan fingerprint density at radius 1 is 1.29 bits per heavy atom. The largest absolute Gasteiger partial charge is 0.331 e. The summed E-state index contributed by atoms with van der Waals surface area (Å²) >= 11 is 11.3. The zero-order valence-corrected chi connectivity index (χ0v) is 13.3. The number of hydrogen-bond acceptors (Lipinski definition) is 3. The molecule has 0 aliphatic carbocycles. The number of hydrogen-bond donors (Lipinski definition) is 2. The molecule has 1 aromatic carbocycles. The fourth-order valence-electron chi connectivity index (χ4n) is 1.67. The highest BCUT2D eigenvalue weighted by Crippen LogP contribution is 2.22. The van der Waals surface area contributed by atoms with E-state index < -0.39 is 0 Å². The second-order valence-corrected chi connectivity index (χ2v) is 5.23. The molecule has 0 aliphatic heterocycles. The third kappa shape index (κ3) is 4.24. The van der Waals surface area contributed by atoms with Crippen molar-refractivity contribution in [2.45, 2.75) is 13.8 Å². The fourth-order valence-corrected chi connectivity index (χ4v) is 2.00. The Morgan fingerprint density at radius 2 is 2.10 bits per heavy atom. The van der Waals surface area contributed by atoms with Crippen molar-refractivity contribution in [2.75, 3.05) is 5.32 Å². The molecule has 4 nitrogen and oxygen atoms in total. The summed E-state index contributed by atoms with van der Waals surface area (Å²) < 4.78 is 0. The van der Waals surface area contributed by atoms with Crippen molar-refractivity contribution in [1.29, 1.82) is 0 Å². The summed E-state index contributed by atoms with van der Waals surface area (Å²) in [5, 5.41) is 8.40. The Balaban J connectivity index is 2.01. The Hall–Kier alpha value is -1.98. The SMILES string of the molecule is C/C(=N/NC(=S)Nc1cccc(Cl)c1C)c1cccnc1. The predicted octanol–water partition coefficient (Wildman–Crippen LogP) is 3.75. The summed E-state index contributed by atoms with van der Waals surface area (Å²) in [6.45, 7) is 3.81.